The van der Waals surface area contributed by atoms with Crippen LogP contribution in [0, 0.1) is 17.0 Å². The standard InChI is InChI=1S/C15H19N5O3S/c1-9(12-8-19(3)18-10(12)2)16-15(24)17-13-6-5-11(20(21)22)7-14(13)23-4/h5-9H,1-4H3,(H2,16,17,24). The van der Waals surface area contributed by atoms with Crippen molar-refractivity contribution >= 4 is 28.7 Å². The summed E-state index contributed by atoms with van der Waals surface area (Å²) in [6.07, 6.45) is 1.93. The van der Waals surface area contributed by atoms with Gasteiger partial charge in [-0.05, 0) is 32.1 Å². The molecule has 2 rings (SSSR count). The van der Waals surface area contributed by atoms with E-state index in [1.807, 2.05) is 27.1 Å². The van der Waals surface area contributed by atoms with Gasteiger partial charge in [-0.25, -0.2) is 0 Å². The number of aryl methyl sites for hydroxylation is 2. The van der Waals surface area contributed by atoms with E-state index in [1.165, 1.54) is 19.2 Å². The number of hydrogen-bond acceptors (Lipinski definition) is 5. The molecular weight excluding hydrogens is 330 g/mol. The van der Waals surface area contributed by atoms with Crippen LogP contribution in [0.2, 0.25) is 0 Å². The summed E-state index contributed by atoms with van der Waals surface area (Å²) in [6.45, 7) is 3.91. The normalized spacial score (nSPS) is 11.7. The van der Waals surface area contributed by atoms with Crippen LogP contribution in [-0.2, 0) is 7.05 Å². The predicted octanol–water partition coefficient (Wildman–Crippen LogP) is 2.69. The average molecular weight is 349 g/mol. The third-order valence-electron chi connectivity index (χ3n) is 3.51. The van der Waals surface area contributed by atoms with Crippen LogP contribution in [0.5, 0.6) is 5.75 Å². The zero-order valence-corrected chi connectivity index (χ0v) is 14.7. The molecule has 2 N–H and O–H groups in total. The highest BCUT2D eigenvalue weighted by Gasteiger charge is 2.15. The number of nitro groups is 1. The quantitative estimate of drug-likeness (QED) is 0.487. The van der Waals surface area contributed by atoms with Crippen molar-refractivity contribution in [1.29, 1.82) is 0 Å². The van der Waals surface area contributed by atoms with Crippen molar-refractivity contribution in [3.63, 3.8) is 0 Å². The summed E-state index contributed by atoms with van der Waals surface area (Å²) in [5, 5.41) is 21.7. The number of aromatic nitrogens is 2. The monoisotopic (exact) mass is 349 g/mol. The Labute approximate surface area is 145 Å². The van der Waals surface area contributed by atoms with Gasteiger partial charge < -0.3 is 15.4 Å². The summed E-state index contributed by atoms with van der Waals surface area (Å²) >= 11 is 5.32. The maximum atomic E-state index is 10.8. The summed E-state index contributed by atoms with van der Waals surface area (Å²) in [4.78, 5) is 10.3. The van der Waals surface area contributed by atoms with Gasteiger partial charge in [0.2, 0.25) is 0 Å². The van der Waals surface area contributed by atoms with E-state index in [0.29, 0.717) is 16.5 Å². The maximum Gasteiger partial charge on any atom is 0.273 e. The molecule has 1 heterocycles. The largest absolute Gasteiger partial charge is 0.494 e. The minimum absolute atomic E-state index is 0.0391. The second-order valence-electron chi connectivity index (χ2n) is 5.31. The van der Waals surface area contributed by atoms with Crippen LogP contribution in [0.1, 0.15) is 24.2 Å². The molecular formula is C15H19N5O3S. The molecule has 1 aromatic heterocycles. The van der Waals surface area contributed by atoms with Crippen molar-refractivity contribution in [3.05, 3.63) is 45.8 Å². The molecule has 1 unspecified atom stereocenters. The molecule has 0 fully saturated rings. The fourth-order valence-corrected chi connectivity index (χ4v) is 2.66. The Balaban J connectivity index is 2.09. The van der Waals surface area contributed by atoms with E-state index in [0.717, 1.165) is 11.3 Å². The van der Waals surface area contributed by atoms with Crippen LogP contribution in [0.3, 0.4) is 0 Å². The summed E-state index contributed by atoms with van der Waals surface area (Å²) in [5.74, 6) is 0.346. The van der Waals surface area contributed by atoms with Crippen molar-refractivity contribution in [2.45, 2.75) is 19.9 Å². The summed E-state index contributed by atoms with van der Waals surface area (Å²) in [6, 6.07) is 4.26. The van der Waals surface area contributed by atoms with Crippen LogP contribution < -0.4 is 15.4 Å². The molecule has 0 aliphatic heterocycles. The summed E-state index contributed by atoms with van der Waals surface area (Å²) < 4.78 is 6.93. The molecule has 0 saturated carbocycles. The first-order valence-electron chi connectivity index (χ1n) is 7.22. The second kappa shape index (κ2) is 7.26. The van der Waals surface area contributed by atoms with Crippen LogP contribution in [0.15, 0.2) is 24.4 Å². The molecule has 0 spiro atoms. The molecule has 2 aromatic rings. The van der Waals surface area contributed by atoms with Gasteiger partial charge in [0.05, 0.1) is 35.5 Å². The van der Waals surface area contributed by atoms with E-state index in [4.69, 9.17) is 17.0 Å². The third kappa shape index (κ3) is 3.99. The number of rotatable bonds is 5. The average Bonchev–Trinajstić information content (AvgIpc) is 2.86. The van der Waals surface area contributed by atoms with E-state index in [9.17, 15) is 10.1 Å². The van der Waals surface area contributed by atoms with Gasteiger partial charge in [0.15, 0.2) is 5.11 Å². The first-order valence-corrected chi connectivity index (χ1v) is 7.62. The maximum absolute atomic E-state index is 10.8. The lowest BCUT2D eigenvalue weighted by atomic mass is 10.1. The fraction of sp³-hybridized carbons (Fsp3) is 0.333. The number of anilines is 1. The minimum atomic E-state index is -0.476. The Morgan fingerprint density at radius 3 is 2.75 bits per heavy atom. The molecule has 0 radical (unpaired) electrons. The Kier molecular flexibility index (Phi) is 5.35. The first-order chi connectivity index (χ1) is 11.3. The topological polar surface area (TPSA) is 94.3 Å². The van der Waals surface area contributed by atoms with Crippen molar-refractivity contribution in [1.82, 2.24) is 15.1 Å². The number of nitro benzene ring substituents is 1. The SMILES string of the molecule is COc1cc([N+](=O)[O-])ccc1NC(=S)NC(C)c1cn(C)nc1C. The number of ether oxygens (including phenoxy) is 1. The Bertz CT molecular complexity index is 774. The molecule has 24 heavy (non-hydrogen) atoms. The fourth-order valence-electron chi connectivity index (χ4n) is 2.37. The summed E-state index contributed by atoms with van der Waals surface area (Å²) in [7, 11) is 3.31. The number of hydrogen-bond donors (Lipinski definition) is 2. The lowest BCUT2D eigenvalue weighted by Gasteiger charge is -2.17. The van der Waals surface area contributed by atoms with E-state index in [-0.39, 0.29) is 11.7 Å². The number of thiocarbonyl (C=S) groups is 1. The van der Waals surface area contributed by atoms with Crippen LogP contribution in [-0.4, -0.2) is 26.9 Å². The number of non-ortho nitro benzene ring substituents is 1. The highest BCUT2D eigenvalue weighted by molar-refractivity contribution is 7.80. The van der Waals surface area contributed by atoms with Gasteiger partial charge in [-0.3, -0.25) is 14.8 Å². The smallest absolute Gasteiger partial charge is 0.273 e. The zero-order valence-electron chi connectivity index (χ0n) is 13.9. The number of nitrogens with one attached hydrogen (secondary N) is 2. The Morgan fingerprint density at radius 1 is 1.50 bits per heavy atom. The molecule has 0 aliphatic carbocycles. The molecule has 0 aliphatic rings. The van der Waals surface area contributed by atoms with Crippen LogP contribution >= 0.6 is 12.2 Å². The highest BCUT2D eigenvalue weighted by Crippen LogP contribution is 2.29. The minimum Gasteiger partial charge on any atom is -0.494 e. The lowest BCUT2D eigenvalue weighted by Crippen LogP contribution is -2.31. The molecule has 0 saturated heterocycles. The third-order valence-corrected chi connectivity index (χ3v) is 3.73. The number of benzene rings is 1. The van der Waals surface area contributed by atoms with E-state index < -0.39 is 4.92 Å². The van der Waals surface area contributed by atoms with E-state index in [1.54, 1.807) is 10.7 Å². The molecule has 1 atom stereocenters. The van der Waals surface area contributed by atoms with Gasteiger partial charge in [-0.15, -0.1) is 0 Å². The predicted molar refractivity (Wildman–Crippen MR) is 95.4 cm³/mol. The molecule has 128 valence electrons. The van der Waals surface area contributed by atoms with Gasteiger partial charge >= 0.3 is 0 Å². The zero-order chi connectivity index (χ0) is 17.9. The van der Waals surface area contributed by atoms with Crippen molar-refractivity contribution < 1.29 is 9.66 Å². The van der Waals surface area contributed by atoms with Crippen molar-refractivity contribution in [2.75, 3.05) is 12.4 Å². The Morgan fingerprint density at radius 2 is 2.21 bits per heavy atom. The Hall–Kier alpha value is -2.68. The molecule has 9 heteroatoms. The van der Waals surface area contributed by atoms with Gasteiger partial charge in [-0.2, -0.15) is 5.10 Å². The molecule has 1 aromatic carbocycles. The number of nitrogens with zero attached hydrogens (tertiary/aromatic N) is 3. The number of methoxy groups -OCH3 is 1. The van der Waals surface area contributed by atoms with E-state index in [2.05, 4.69) is 15.7 Å². The molecule has 0 amide bonds. The van der Waals surface area contributed by atoms with Gasteiger partial charge in [-0.1, -0.05) is 0 Å². The summed E-state index contributed by atoms with van der Waals surface area (Å²) in [5.41, 5.74) is 2.47. The van der Waals surface area contributed by atoms with Crippen molar-refractivity contribution in [3.8, 4) is 5.75 Å². The van der Waals surface area contributed by atoms with E-state index >= 15 is 0 Å². The van der Waals surface area contributed by atoms with Gasteiger partial charge in [0.25, 0.3) is 5.69 Å². The van der Waals surface area contributed by atoms with Crippen LogP contribution in [0.25, 0.3) is 0 Å². The van der Waals surface area contributed by atoms with Crippen molar-refractivity contribution in [2.24, 2.45) is 7.05 Å². The molecule has 8 nitrogen and oxygen atoms in total. The van der Waals surface area contributed by atoms with Gasteiger partial charge in [0, 0.05) is 24.9 Å². The first kappa shape index (κ1) is 17.7. The van der Waals surface area contributed by atoms with Crippen LogP contribution in [0.4, 0.5) is 11.4 Å². The lowest BCUT2D eigenvalue weighted by molar-refractivity contribution is -0.384. The second-order valence-corrected chi connectivity index (χ2v) is 5.71. The van der Waals surface area contributed by atoms with Gasteiger partial charge in [0.1, 0.15) is 5.75 Å². The highest BCUT2D eigenvalue weighted by atomic mass is 32.1. The molecule has 0 bridgehead atoms.